The van der Waals surface area contributed by atoms with Gasteiger partial charge < -0.3 is 5.32 Å². The minimum absolute atomic E-state index is 0.174. The number of nitrogens with one attached hydrogen (secondary N) is 1. The Balaban J connectivity index is 1.54. The molecule has 1 fully saturated rings. The van der Waals surface area contributed by atoms with Crippen LogP contribution in [0.3, 0.4) is 0 Å². The molecule has 1 atom stereocenters. The molecule has 2 heterocycles. The number of likely N-dealkylation sites (tertiary alicyclic amines) is 1. The van der Waals surface area contributed by atoms with E-state index in [4.69, 9.17) is 0 Å². The van der Waals surface area contributed by atoms with E-state index in [2.05, 4.69) is 22.2 Å². The van der Waals surface area contributed by atoms with Crippen LogP contribution in [0.4, 0.5) is 11.4 Å². The highest BCUT2D eigenvalue weighted by Crippen LogP contribution is 2.23. The van der Waals surface area contributed by atoms with Crippen LogP contribution in [0, 0.1) is 17.0 Å². The lowest BCUT2D eigenvalue weighted by Crippen LogP contribution is -2.36. The van der Waals surface area contributed by atoms with Gasteiger partial charge in [0.05, 0.1) is 4.92 Å². The van der Waals surface area contributed by atoms with Crippen molar-refractivity contribution in [1.82, 2.24) is 14.7 Å². The Bertz CT molecular complexity index is 1270. The molecule has 0 saturated carbocycles. The number of para-hydroxylation sites is 2. The molecule has 1 amide bonds. The van der Waals surface area contributed by atoms with Gasteiger partial charge in [0, 0.05) is 36.1 Å². The lowest BCUT2D eigenvalue weighted by Gasteiger charge is -2.33. The second-order valence-corrected chi connectivity index (χ2v) is 8.62. The molecular formula is C25H27N5O4. The van der Waals surface area contributed by atoms with Gasteiger partial charge >= 0.3 is 0 Å². The molecule has 9 nitrogen and oxygen atoms in total. The Kier molecular flexibility index (Phi) is 6.83. The first kappa shape index (κ1) is 23.3. The summed E-state index contributed by atoms with van der Waals surface area (Å²) in [6, 6.07) is 15.4. The fraction of sp³-hybridized carbons (Fsp3) is 0.320. The van der Waals surface area contributed by atoms with Crippen LogP contribution < -0.4 is 10.7 Å². The van der Waals surface area contributed by atoms with Crippen molar-refractivity contribution in [2.75, 3.05) is 11.9 Å². The molecular weight excluding hydrogens is 434 g/mol. The van der Waals surface area contributed by atoms with E-state index in [1.165, 1.54) is 42.1 Å². The highest BCUT2D eigenvalue weighted by Gasteiger charge is 2.21. The van der Waals surface area contributed by atoms with E-state index in [1.54, 1.807) is 31.2 Å². The van der Waals surface area contributed by atoms with Crippen molar-refractivity contribution in [2.24, 2.45) is 0 Å². The van der Waals surface area contributed by atoms with E-state index in [0.717, 1.165) is 18.7 Å². The van der Waals surface area contributed by atoms with Crippen LogP contribution >= 0.6 is 0 Å². The van der Waals surface area contributed by atoms with Crippen LogP contribution in [-0.2, 0) is 6.54 Å². The number of rotatable bonds is 6. The maximum atomic E-state index is 12.9. The molecule has 1 aliphatic rings. The number of amides is 1. The number of carbonyl (C=O) groups excluding carboxylic acids is 1. The van der Waals surface area contributed by atoms with Gasteiger partial charge in [-0.25, -0.2) is 4.68 Å². The van der Waals surface area contributed by atoms with Gasteiger partial charge in [-0.05, 0) is 57.0 Å². The van der Waals surface area contributed by atoms with E-state index in [0.29, 0.717) is 17.4 Å². The maximum Gasteiger partial charge on any atom is 0.294 e. The van der Waals surface area contributed by atoms with Gasteiger partial charge in [-0.3, -0.25) is 24.6 Å². The summed E-state index contributed by atoms with van der Waals surface area (Å²) in [5.41, 5.74) is 1.18. The van der Waals surface area contributed by atoms with Crippen LogP contribution in [0.1, 0.15) is 47.9 Å². The zero-order valence-electron chi connectivity index (χ0n) is 19.2. The summed E-state index contributed by atoms with van der Waals surface area (Å²) < 4.78 is 1.25. The number of aromatic nitrogens is 2. The minimum Gasteiger partial charge on any atom is -0.320 e. The number of nitro groups is 1. The van der Waals surface area contributed by atoms with Gasteiger partial charge in [0.15, 0.2) is 5.69 Å². The summed E-state index contributed by atoms with van der Waals surface area (Å²) in [5.74, 6) is -0.672. The minimum atomic E-state index is -0.672. The van der Waals surface area contributed by atoms with Crippen molar-refractivity contribution in [1.29, 1.82) is 0 Å². The Labute approximate surface area is 197 Å². The zero-order valence-corrected chi connectivity index (χ0v) is 19.2. The van der Waals surface area contributed by atoms with Gasteiger partial charge in [0.1, 0.15) is 5.69 Å². The second-order valence-electron chi connectivity index (χ2n) is 8.62. The van der Waals surface area contributed by atoms with Crippen molar-refractivity contribution in [3.8, 4) is 5.69 Å². The van der Waals surface area contributed by atoms with Crippen molar-refractivity contribution in [3.05, 3.63) is 91.9 Å². The molecule has 1 aromatic heterocycles. The maximum absolute atomic E-state index is 12.9. The number of anilines is 1. The van der Waals surface area contributed by atoms with Crippen LogP contribution in [0.25, 0.3) is 5.69 Å². The molecule has 1 aliphatic heterocycles. The van der Waals surface area contributed by atoms with Crippen molar-refractivity contribution in [2.45, 2.75) is 45.7 Å². The third-order valence-corrected chi connectivity index (χ3v) is 6.17. The predicted molar refractivity (Wildman–Crippen MR) is 129 cm³/mol. The van der Waals surface area contributed by atoms with Crippen LogP contribution in [0.5, 0.6) is 0 Å². The third-order valence-electron chi connectivity index (χ3n) is 6.17. The summed E-state index contributed by atoms with van der Waals surface area (Å²) in [5, 5.41) is 18.3. The Hall–Kier alpha value is -3.85. The number of hydrogen-bond donors (Lipinski definition) is 1. The largest absolute Gasteiger partial charge is 0.320 e. The standard InChI is InChI=1S/C25H27N5O4/c1-17-7-5-6-14-28(17)16-19-10-12-20(13-11-19)26-25(32)24-23(31)15-18(2)29(27-24)21-8-3-4-9-22(21)30(33)34/h3-4,8-13,15,17H,5-7,14,16H2,1-2H3,(H,26,32)/t17-/m1/s1. The molecule has 0 aliphatic carbocycles. The van der Waals surface area contributed by atoms with Gasteiger partial charge in [-0.2, -0.15) is 5.10 Å². The second kappa shape index (κ2) is 9.96. The molecule has 4 rings (SSSR count). The summed E-state index contributed by atoms with van der Waals surface area (Å²) >= 11 is 0. The van der Waals surface area contributed by atoms with Gasteiger partial charge in [-0.1, -0.05) is 30.7 Å². The molecule has 0 unspecified atom stereocenters. The first-order valence-corrected chi connectivity index (χ1v) is 11.3. The Morgan fingerprint density at radius 3 is 2.62 bits per heavy atom. The Morgan fingerprint density at radius 1 is 1.18 bits per heavy atom. The van der Waals surface area contributed by atoms with Crippen molar-refractivity contribution >= 4 is 17.3 Å². The normalized spacial score (nSPS) is 16.2. The molecule has 1 N–H and O–H groups in total. The molecule has 1 saturated heterocycles. The van der Waals surface area contributed by atoms with Crippen LogP contribution in [0.15, 0.2) is 59.4 Å². The SMILES string of the molecule is Cc1cc(=O)c(C(=O)Nc2ccc(CN3CCCC[C@H]3C)cc2)nn1-c1ccccc1[N+](=O)[O-]. The molecule has 2 aromatic carbocycles. The van der Waals surface area contributed by atoms with E-state index in [-0.39, 0.29) is 17.1 Å². The fourth-order valence-corrected chi connectivity index (χ4v) is 4.26. The molecule has 34 heavy (non-hydrogen) atoms. The number of piperidine rings is 1. The van der Waals surface area contributed by atoms with E-state index in [9.17, 15) is 19.7 Å². The third kappa shape index (κ3) is 5.04. The average Bonchev–Trinajstić information content (AvgIpc) is 2.82. The molecule has 0 spiro atoms. The number of nitro benzene ring substituents is 1. The highest BCUT2D eigenvalue weighted by atomic mass is 16.6. The topological polar surface area (TPSA) is 110 Å². The fourth-order valence-electron chi connectivity index (χ4n) is 4.26. The number of aryl methyl sites for hydroxylation is 1. The van der Waals surface area contributed by atoms with E-state index < -0.39 is 16.3 Å². The number of carbonyl (C=O) groups is 1. The first-order valence-electron chi connectivity index (χ1n) is 11.3. The summed E-state index contributed by atoms with van der Waals surface area (Å²) in [6.07, 6.45) is 3.70. The average molecular weight is 462 g/mol. The number of hydrogen-bond acceptors (Lipinski definition) is 6. The summed E-state index contributed by atoms with van der Waals surface area (Å²) in [6.45, 7) is 5.80. The highest BCUT2D eigenvalue weighted by molar-refractivity contribution is 6.02. The van der Waals surface area contributed by atoms with E-state index >= 15 is 0 Å². The lowest BCUT2D eigenvalue weighted by atomic mass is 10.0. The quantitative estimate of drug-likeness (QED) is 0.438. The predicted octanol–water partition coefficient (Wildman–Crippen LogP) is 4.08. The summed E-state index contributed by atoms with van der Waals surface area (Å²) in [7, 11) is 0. The van der Waals surface area contributed by atoms with Gasteiger partial charge in [-0.15, -0.1) is 0 Å². The van der Waals surface area contributed by atoms with Gasteiger partial charge in [0.2, 0.25) is 5.43 Å². The monoisotopic (exact) mass is 461 g/mol. The molecule has 0 radical (unpaired) electrons. The smallest absolute Gasteiger partial charge is 0.294 e. The van der Waals surface area contributed by atoms with Crippen molar-refractivity contribution in [3.63, 3.8) is 0 Å². The summed E-state index contributed by atoms with van der Waals surface area (Å²) in [4.78, 5) is 38.7. The van der Waals surface area contributed by atoms with Crippen LogP contribution in [0.2, 0.25) is 0 Å². The first-order chi connectivity index (χ1) is 16.3. The van der Waals surface area contributed by atoms with Gasteiger partial charge in [0.25, 0.3) is 11.6 Å². The lowest BCUT2D eigenvalue weighted by molar-refractivity contribution is -0.384. The zero-order chi connectivity index (χ0) is 24.2. The Morgan fingerprint density at radius 2 is 1.91 bits per heavy atom. The van der Waals surface area contributed by atoms with Crippen LogP contribution in [-0.4, -0.2) is 38.1 Å². The van der Waals surface area contributed by atoms with E-state index in [1.807, 2.05) is 12.1 Å². The molecule has 176 valence electrons. The molecule has 0 bridgehead atoms. The molecule has 9 heteroatoms. The number of benzene rings is 2. The molecule has 3 aromatic rings. The van der Waals surface area contributed by atoms with Crippen molar-refractivity contribution < 1.29 is 9.72 Å². The number of nitrogens with zero attached hydrogens (tertiary/aromatic N) is 4.